The largest absolute Gasteiger partial charge is 0.423 e. The molecule has 0 aliphatic carbocycles. The highest BCUT2D eigenvalue weighted by Gasteiger charge is 2.26. The van der Waals surface area contributed by atoms with E-state index in [2.05, 4.69) is 13.8 Å². The van der Waals surface area contributed by atoms with Crippen LogP contribution in [0.15, 0.2) is 42.5 Å². The second-order valence-electron chi connectivity index (χ2n) is 9.29. The molecule has 2 aromatic carbocycles. The zero-order valence-electron chi connectivity index (χ0n) is 20.7. The summed E-state index contributed by atoms with van der Waals surface area (Å²) in [6, 6.07) is 11.9. The van der Waals surface area contributed by atoms with Crippen molar-refractivity contribution in [3.8, 4) is 5.75 Å². The van der Waals surface area contributed by atoms with E-state index in [0.29, 0.717) is 30.4 Å². The van der Waals surface area contributed by atoms with E-state index in [1.165, 1.54) is 56.6 Å². The van der Waals surface area contributed by atoms with Crippen LogP contribution in [0.25, 0.3) is 0 Å². The Labute approximate surface area is 203 Å². The Morgan fingerprint density at radius 3 is 2.26 bits per heavy atom. The molecule has 0 amide bonds. The quantitative estimate of drug-likeness (QED) is 0.170. The van der Waals surface area contributed by atoms with Crippen LogP contribution in [0.4, 0.5) is 4.39 Å². The van der Waals surface area contributed by atoms with Gasteiger partial charge in [-0.05, 0) is 49.1 Å². The van der Waals surface area contributed by atoms with Crippen LogP contribution in [-0.2, 0) is 15.9 Å². The van der Waals surface area contributed by atoms with Crippen LogP contribution in [0.2, 0.25) is 0 Å². The van der Waals surface area contributed by atoms with E-state index in [1.807, 2.05) is 12.1 Å². The molecule has 2 aromatic rings. The molecule has 0 bridgehead atoms. The van der Waals surface area contributed by atoms with Gasteiger partial charge in [0.15, 0.2) is 6.29 Å². The molecule has 0 spiro atoms. The van der Waals surface area contributed by atoms with E-state index in [9.17, 15) is 9.18 Å². The van der Waals surface area contributed by atoms with E-state index >= 15 is 0 Å². The average molecular weight is 471 g/mol. The number of aryl methyl sites for hydroxylation is 1. The van der Waals surface area contributed by atoms with Crippen LogP contribution in [-0.4, -0.2) is 19.2 Å². The fraction of sp³-hybridized carbons (Fsp3) is 0.552. The molecule has 0 saturated carbocycles. The number of rotatable bonds is 13. The summed E-state index contributed by atoms with van der Waals surface area (Å²) in [7, 11) is 0. The Morgan fingerprint density at radius 1 is 0.912 bits per heavy atom. The first-order valence-electron chi connectivity index (χ1n) is 12.9. The minimum atomic E-state index is -0.734. The van der Waals surface area contributed by atoms with E-state index in [0.717, 1.165) is 19.3 Å². The SMILES string of the molecule is CCCCCCCc1ccc(OC(=O)c2ccc(C3OCC(CCCCC)CO3)c(F)c2)cc1. The molecule has 1 aliphatic heterocycles. The summed E-state index contributed by atoms with van der Waals surface area (Å²) in [6.45, 7) is 5.52. The number of hydrogen-bond donors (Lipinski definition) is 0. The normalized spacial score (nSPS) is 18.1. The van der Waals surface area contributed by atoms with Crippen LogP contribution in [0, 0.1) is 11.7 Å². The second kappa shape index (κ2) is 14.2. The van der Waals surface area contributed by atoms with Crippen LogP contribution in [0.5, 0.6) is 5.75 Å². The third-order valence-electron chi connectivity index (χ3n) is 6.38. The molecule has 0 atom stereocenters. The molecule has 0 unspecified atom stereocenters. The number of hydrogen-bond acceptors (Lipinski definition) is 4. The van der Waals surface area contributed by atoms with Gasteiger partial charge in [-0.1, -0.05) is 77.0 Å². The minimum absolute atomic E-state index is 0.162. The van der Waals surface area contributed by atoms with Gasteiger partial charge in [0.1, 0.15) is 11.6 Å². The lowest BCUT2D eigenvalue weighted by Crippen LogP contribution is -2.27. The first-order chi connectivity index (χ1) is 16.6. The molecule has 0 N–H and O–H groups in total. The maximum Gasteiger partial charge on any atom is 0.343 e. The van der Waals surface area contributed by atoms with Crippen molar-refractivity contribution in [2.24, 2.45) is 5.92 Å². The molecule has 4 nitrogen and oxygen atoms in total. The number of unbranched alkanes of at least 4 members (excludes halogenated alkanes) is 6. The highest BCUT2D eigenvalue weighted by Crippen LogP contribution is 2.29. The van der Waals surface area contributed by atoms with E-state index in [4.69, 9.17) is 14.2 Å². The average Bonchev–Trinajstić information content (AvgIpc) is 2.85. The standard InChI is InChI=1S/C29H39FO4/c1-3-5-7-8-10-11-22-13-16-25(17-14-22)34-28(31)24-15-18-26(27(30)19-24)29-32-20-23(21-33-29)12-9-6-4-2/h13-19,23,29H,3-12,20-21H2,1-2H3. The number of benzene rings is 2. The Kier molecular flexibility index (Phi) is 11.0. The fourth-order valence-electron chi connectivity index (χ4n) is 4.24. The van der Waals surface area contributed by atoms with Gasteiger partial charge in [0.2, 0.25) is 0 Å². The maximum atomic E-state index is 14.8. The molecule has 5 heteroatoms. The number of ether oxygens (including phenoxy) is 3. The van der Waals surface area contributed by atoms with E-state index < -0.39 is 18.1 Å². The molecule has 1 saturated heterocycles. The molecule has 0 aromatic heterocycles. The lowest BCUT2D eigenvalue weighted by Gasteiger charge is -2.29. The van der Waals surface area contributed by atoms with Crippen molar-refractivity contribution in [3.63, 3.8) is 0 Å². The van der Waals surface area contributed by atoms with Crippen LogP contribution in [0.1, 0.15) is 99.4 Å². The molecule has 0 radical (unpaired) electrons. The summed E-state index contributed by atoms with van der Waals surface area (Å²) in [5.74, 6) is -0.300. The zero-order chi connectivity index (χ0) is 24.2. The van der Waals surface area contributed by atoms with Gasteiger partial charge < -0.3 is 14.2 Å². The number of esters is 1. The topological polar surface area (TPSA) is 44.8 Å². The maximum absolute atomic E-state index is 14.8. The van der Waals surface area contributed by atoms with Crippen molar-refractivity contribution in [3.05, 3.63) is 65.0 Å². The summed E-state index contributed by atoms with van der Waals surface area (Å²) >= 11 is 0. The van der Waals surface area contributed by atoms with Gasteiger partial charge in [0.25, 0.3) is 0 Å². The van der Waals surface area contributed by atoms with Gasteiger partial charge >= 0.3 is 5.97 Å². The fourth-order valence-corrected chi connectivity index (χ4v) is 4.24. The van der Waals surface area contributed by atoms with Crippen molar-refractivity contribution in [1.29, 1.82) is 0 Å². The molecule has 34 heavy (non-hydrogen) atoms. The van der Waals surface area contributed by atoms with E-state index in [1.54, 1.807) is 24.3 Å². The summed E-state index contributed by atoms with van der Waals surface area (Å²) in [6.07, 6.45) is 11.1. The smallest absolute Gasteiger partial charge is 0.343 e. The lowest BCUT2D eigenvalue weighted by molar-refractivity contribution is -0.207. The third-order valence-corrected chi connectivity index (χ3v) is 6.38. The predicted molar refractivity (Wildman–Crippen MR) is 133 cm³/mol. The summed E-state index contributed by atoms with van der Waals surface area (Å²) in [4.78, 5) is 12.5. The van der Waals surface area contributed by atoms with Gasteiger partial charge in [-0.3, -0.25) is 0 Å². The molecular weight excluding hydrogens is 431 g/mol. The summed E-state index contributed by atoms with van der Waals surface area (Å²) in [5, 5.41) is 0. The highest BCUT2D eigenvalue weighted by atomic mass is 19.1. The van der Waals surface area contributed by atoms with E-state index in [-0.39, 0.29) is 5.56 Å². The Balaban J connectivity index is 1.48. The van der Waals surface area contributed by atoms with Gasteiger partial charge in [-0.25, -0.2) is 9.18 Å². The number of halogens is 1. The van der Waals surface area contributed by atoms with Crippen molar-refractivity contribution in [1.82, 2.24) is 0 Å². The lowest BCUT2D eigenvalue weighted by atomic mass is 10.0. The Hall–Kier alpha value is -2.24. The van der Waals surface area contributed by atoms with Crippen LogP contribution in [0.3, 0.4) is 0 Å². The molecule has 1 aliphatic rings. The van der Waals surface area contributed by atoms with Crippen molar-refractivity contribution in [2.75, 3.05) is 13.2 Å². The molecule has 186 valence electrons. The summed E-state index contributed by atoms with van der Waals surface area (Å²) in [5.41, 5.74) is 1.70. The van der Waals surface area contributed by atoms with Gasteiger partial charge in [-0.2, -0.15) is 0 Å². The number of carbonyl (C=O) groups is 1. The van der Waals surface area contributed by atoms with Crippen LogP contribution < -0.4 is 4.74 Å². The Morgan fingerprint density at radius 2 is 1.59 bits per heavy atom. The Bertz CT molecular complexity index is 872. The molecule has 1 fully saturated rings. The number of carbonyl (C=O) groups excluding carboxylic acids is 1. The molecular formula is C29H39FO4. The van der Waals surface area contributed by atoms with Crippen LogP contribution >= 0.6 is 0 Å². The monoisotopic (exact) mass is 470 g/mol. The van der Waals surface area contributed by atoms with Crippen molar-refractivity contribution in [2.45, 2.75) is 84.3 Å². The zero-order valence-corrected chi connectivity index (χ0v) is 20.7. The van der Waals surface area contributed by atoms with Gasteiger partial charge in [0, 0.05) is 11.5 Å². The second-order valence-corrected chi connectivity index (χ2v) is 9.29. The van der Waals surface area contributed by atoms with Crippen molar-refractivity contribution >= 4 is 5.97 Å². The predicted octanol–water partition coefficient (Wildman–Crippen LogP) is 7.80. The van der Waals surface area contributed by atoms with Crippen molar-refractivity contribution < 1.29 is 23.4 Å². The first kappa shape index (κ1) is 26.4. The summed E-state index contributed by atoms with van der Waals surface area (Å²) < 4.78 is 31.7. The third kappa shape index (κ3) is 8.21. The first-order valence-corrected chi connectivity index (χ1v) is 12.9. The molecule has 3 rings (SSSR count). The molecule has 1 heterocycles. The van der Waals surface area contributed by atoms with Gasteiger partial charge in [-0.15, -0.1) is 0 Å². The minimum Gasteiger partial charge on any atom is -0.423 e. The highest BCUT2D eigenvalue weighted by molar-refractivity contribution is 5.91. The van der Waals surface area contributed by atoms with Gasteiger partial charge in [0.05, 0.1) is 18.8 Å².